The molecule has 0 saturated carbocycles. The molecule has 1 aliphatic rings. The molecule has 1 aromatic heterocycles. The van der Waals surface area contributed by atoms with E-state index in [0.717, 1.165) is 39.8 Å². The number of rotatable bonds is 6. The first-order valence-corrected chi connectivity index (χ1v) is 9.99. The monoisotopic (exact) mass is 405 g/mol. The summed E-state index contributed by atoms with van der Waals surface area (Å²) in [5.41, 5.74) is 4.90. The molecule has 2 aromatic carbocycles. The number of benzene rings is 2. The summed E-state index contributed by atoms with van der Waals surface area (Å²) in [7, 11) is 0. The van der Waals surface area contributed by atoms with Gasteiger partial charge in [-0.2, -0.15) is 0 Å². The Morgan fingerprint density at radius 2 is 1.87 bits per heavy atom. The third-order valence-electron chi connectivity index (χ3n) is 5.62. The number of furan rings is 1. The van der Waals surface area contributed by atoms with Crippen LogP contribution in [0.25, 0.3) is 11.0 Å². The summed E-state index contributed by atoms with van der Waals surface area (Å²) >= 11 is 0. The molecule has 6 nitrogen and oxygen atoms in total. The molecule has 0 bridgehead atoms. The molecular formula is C24H23NO5. The number of amides is 1. The van der Waals surface area contributed by atoms with E-state index in [-0.39, 0.29) is 24.7 Å². The Labute approximate surface area is 174 Å². The van der Waals surface area contributed by atoms with Crippen molar-refractivity contribution in [3.8, 4) is 0 Å². The lowest BCUT2D eigenvalue weighted by molar-refractivity contribution is -0.141. The highest BCUT2D eigenvalue weighted by Crippen LogP contribution is 2.27. The molecule has 1 aliphatic heterocycles. The molecule has 0 N–H and O–H groups in total. The number of fused-ring (bicyclic) bond motifs is 1. The number of hydrogen-bond donors (Lipinski definition) is 0. The fraction of sp³-hybridized carbons (Fsp3) is 0.292. The molecule has 0 spiro atoms. The van der Waals surface area contributed by atoms with Crippen molar-refractivity contribution in [3.63, 3.8) is 0 Å². The first-order chi connectivity index (χ1) is 14.4. The number of esters is 1. The van der Waals surface area contributed by atoms with E-state index in [1.54, 1.807) is 35.4 Å². The van der Waals surface area contributed by atoms with Gasteiger partial charge in [-0.05, 0) is 55.7 Å². The zero-order chi connectivity index (χ0) is 21.3. The van der Waals surface area contributed by atoms with Gasteiger partial charge in [-0.1, -0.05) is 12.1 Å². The predicted octanol–water partition coefficient (Wildman–Crippen LogP) is 4.15. The molecule has 0 atom stereocenters. The summed E-state index contributed by atoms with van der Waals surface area (Å²) in [6.45, 7) is 4.36. The number of ketones is 1. The minimum Gasteiger partial charge on any atom is -0.464 e. The zero-order valence-corrected chi connectivity index (χ0v) is 17.1. The fourth-order valence-corrected chi connectivity index (χ4v) is 3.71. The van der Waals surface area contributed by atoms with Crippen molar-refractivity contribution in [2.24, 2.45) is 0 Å². The second-order valence-electron chi connectivity index (χ2n) is 7.60. The van der Waals surface area contributed by atoms with Crippen LogP contribution < -0.4 is 4.90 Å². The zero-order valence-electron chi connectivity index (χ0n) is 17.1. The van der Waals surface area contributed by atoms with Gasteiger partial charge in [0.25, 0.3) is 0 Å². The average Bonchev–Trinajstić information content (AvgIpc) is 3.35. The maximum atomic E-state index is 12.4. The molecule has 1 fully saturated rings. The average molecular weight is 405 g/mol. The summed E-state index contributed by atoms with van der Waals surface area (Å²) in [6.07, 6.45) is 3.01. The standard InChI is InChI=1S/C24H23NO5/c1-15-5-10-20-18(13-30-24(20)16(15)2)12-23(28)29-14-21(26)17-6-8-19(9-7-17)25-11-3-4-22(25)27/h5-10,13H,3-4,11-12,14H2,1-2H3. The van der Waals surface area contributed by atoms with Crippen LogP contribution in [0.4, 0.5) is 5.69 Å². The summed E-state index contributed by atoms with van der Waals surface area (Å²) in [5, 5.41) is 0.883. The smallest absolute Gasteiger partial charge is 0.310 e. The van der Waals surface area contributed by atoms with Gasteiger partial charge in [-0.15, -0.1) is 0 Å². The molecule has 2 heterocycles. The number of ether oxygens (including phenoxy) is 1. The SMILES string of the molecule is Cc1ccc2c(CC(=O)OCC(=O)c3ccc(N4CCCC4=O)cc3)coc2c1C. The van der Waals surface area contributed by atoms with Crippen LogP contribution in [0, 0.1) is 13.8 Å². The number of aryl methyl sites for hydroxylation is 2. The van der Waals surface area contributed by atoms with Gasteiger partial charge in [0.1, 0.15) is 5.58 Å². The molecule has 1 saturated heterocycles. The van der Waals surface area contributed by atoms with Crippen LogP contribution in [-0.4, -0.2) is 30.8 Å². The van der Waals surface area contributed by atoms with E-state index in [1.807, 2.05) is 26.0 Å². The molecule has 4 rings (SSSR count). The Morgan fingerprint density at radius 1 is 1.10 bits per heavy atom. The summed E-state index contributed by atoms with van der Waals surface area (Å²) in [6, 6.07) is 10.7. The van der Waals surface area contributed by atoms with Crippen molar-refractivity contribution in [1.82, 2.24) is 0 Å². The largest absolute Gasteiger partial charge is 0.464 e. The maximum Gasteiger partial charge on any atom is 0.310 e. The number of hydrogen-bond acceptors (Lipinski definition) is 5. The minimum atomic E-state index is -0.483. The lowest BCUT2D eigenvalue weighted by atomic mass is 10.0. The second-order valence-corrected chi connectivity index (χ2v) is 7.60. The number of anilines is 1. The molecule has 6 heteroatoms. The van der Waals surface area contributed by atoms with Gasteiger partial charge in [-0.3, -0.25) is 14.4 Å². The molecule has 0 radical (unpaired) electrons. The summed E-state index contributed by atoms with van der Waals surface area (Å²) < 4.78 is 10.8. The quantitative estimate of drug-likeness (QED) is 0.455. The fourth-order valence-electron chi connectivity index (χ4n) is 3.71. The molecule has 3 aromatic rings. The van der Waals surface area contributed by atoms with E-state index in [2.05, 4.69) is 0 Å². The van der Waals surface area contributed by atoms with E-state index in [1.165, 1.54) is 0 Å². The minimum absolute atomic E-state index is 0.0405. The Hall–Kier alpha value is -3.41. The Balaban J connectivity index is 1.35. The highest BCUT2D eigenvalue weighted by atomic mass is 16.5. The van der Waals surface area contributed by atoms with Crippen molar-refractivity contribution in [1.29, 1.82) is 0 Å². The Morgan fingerprint density at radius 3 is 2.57 bits per heavy atom. The lowest BCUT2D eigenvalue weighted by Gasteiger charge is -2.15. The van der Waals surface area contributed by atoms with Crippen LogP contribution in [-0.2, 0) is 20.7 Å². The summed E-state index contributed by atoms with van der Waals surface area (Å²) in [5.74, 6) is -0.671. The van der Waals surface area contributed by atoms with Gasteiger partial charge in [0.15, 0.2) is 12.4 Å². The lowest BCUT2D eigenvalue weighted by Crippen LogP contribution is -2.23. The number of Topliss-reactive ketones (excluding diaryl/α,β-unsaturated/α-hetero) is 1. The van der Waals surface area contributed by atoms with Crippen molar-refractivity contribution < 1.29 is 23.5 Å². The Kier molecular flexibility index (Phi) is 5.40. The maximum absolute atomic E-state index is 12.4. The first kappa shape index (κ1) is 19.9. The van der Waals surface area contributed by atoms with E-state index in [9.17, 15) is 14.4 Å². The molecule has 0 aliphatic carbocycles. The molecular weight excluding hydrogens is 382 g/mol. The first-order valence-electron chi connectivity index (χ1n) is 9.99. The Bertz CT molecular complexity index is 1130. The van der Waals surface area contributed by atoms with Crippen LogP contribution in [0.2, 0.25) is 0 Å². The van der Waals surface area contributed by atoms with Gasteiger partial charge in [0.2, 0.25) is 5.91 Å². The number of carbonyl (C=O) groups is 3. The van der Waals surface area contributed by atoms with Gasteiger partial charge in [-0.25, -0.2) is 0 Å². The second kappa shape index (κ2) is 8.14. The van der Waals surface area contributed by atoms with Gasteiger partial charge in [0.05, 0.1) is 12.7 Å². The van der Waals surface area contributed by atoms with E-state index in [4.69, 9.17) is 9.15 Å². The van der Waals surface area contributed by atoms with E-state index < -0.39 is 5.97 Å². The predicted molar refractivity (Wildman–Crippen MR) is 113 cm³/mol. The van der Waals surface area contributed by atoms with Crippen LogP contribution in [0.3, 0.4) is 0 Å². The van der Waals surface area contributed by atoms with Crippen LogP contribution >= 0.6 is 0 Å². The highest BCUT2D eigenvalue weighted by molar-refractivity contribution is 6.00. The van der Waals surface area contributed by atoms with Gasteiger partial charge in [0, 0.05) is 35.2 Å². The number of carbonyl (C=O) groups excluding carboxylic acids is 3. The molecule has 0 unspecified atom stereocenters. The molecule has 1 amide bonds. The van der Waals surface area contributed by atoms with Crippen molar-refractivity contribution in [3.05, 3.63) is 64.9 Å². The van der Waals surface area contributed by atoms with Crippen molar-refractivity contribution in [2.75, 3.05) is 18.1 Å². The van der Waals surface area contributed by atoms with Crippen molar-refractivity contribution in [2.45, 2.75) is 33.1 Å². The van der Waals surface area contributed by atoms with Crippen LogP contribution in [0.15, 0.2) is 47.1 Å². The van der Waals surface area contributed by atoms with E-state index in [0.29, 0.717) is 18.5 Å². The van der Waals surface area contributed by atoms with Gasteiger partial charge >= 0.3 is 5.97 Å². The molecule has 154 valence electrons. The van der Waals surface area contributed by atoms with Crippen molar-refractivity contribution >= 4 is 34.3 Å². The van der Waals surface area contributed by atoms with Crippen LogP contribution in [0.5, 0.6) is 0 Å². The normalized spacial score (nSPS) is 13.8. The third-order valence-corrected chi connectivity index (χ3v) is 5.62. The van der Waals surface area contributed by atoms with Crippen LogP contribution in [0.1, 0.15) is 39.9 Å². The topological polar surface area (TPSA) is 76.8 Å². The number of nitrogens with zero attached hydrogens (tertiary/aromatic N) is 1. The third kappa shape index (κ3) is 3.85. The summed E-state index contributed by atoms with van der Waals surface area (Å²) in [4.78, 5) is 38.1. The highest BCUT2D eigenvalue weighted by Gasteiger charge is 2.22. The molecule has 30 heavy (non-hydrogen) atoms. The van der Waals surface area contributed by atoms with E-state index >= 15 is 0 Å². The van der Waals surface area contributed by atoms with Gasteiger partial charge < -0.3 is 14.1 Å².